The van der Waals surface area contributed by atoms with Crippen LogP contribution < -0.4 is 5.32 Å². The van der Waals surface area contributed by atoms with Crippen LogP contribution in [0.25, 0.3) is 0 Å². The quantitative estimate of drug-likeness (QED) is 0.520. The third-order valence-corrected chi connectivity index (χ3v) is 3.86. The first-order valence-corrected chi connectivity index (χ1v) is 8.14. The molecule has 1 unspecified atom stereocenters. The van der Waals surface area contributed by atoms with Gasteiger partial charge in [-0.3, -0.25) is 0 Å². The van der Waals surface area contributed by atoms with Gasteiger partial charge in [0.25, 0.3) is 0 Å². The van der Waals surface area contributed by atoms with Crippen molar-refractivity contribution < 1.29 is 0 Å². The van der Waals surface area contributed by atoms with Gasteiger partial charge in [-0.2, -0.15) is 0 Å². The maximum atomic E-state index is 6.20. The summed E-state index contributed by atoms with van der Waals surface area (Å²) >= 11 is 6.20. The van der Waals surface area contributed by atoms with E-state index in [9.17, 15) is 0 Å². The van der Waals surface area contributed by atoms with E-state index in [0.29, 0.717) is 11.2 Å². The molecule has 1 heterocycles. The molecule has 1 aromatic rings. The normalized spacial score (nSPS) is 12.8. The Labute approximate surface area is 128 Å². The zero-order chi connectivity index (χ0) is 15.1. The van der Waals surface area contributed by atoms with E-state index in [2.05, 4.69) is 43.0 Å². The number of halogens is 1. The molecule has 1 atom stereocenters. The van der Waals surface area contributed by atoms with Crippen LogP contribution in [0.2, 0.25) is 5.15 Å². The monoisotopic (exact) mass is 297 g/mol. The minimum atomic E-state index is 0.286. The molecule has 0 bridgehead atoms. The molecule has 0 saturated heterocycles. The average Bonchev–Trinajstić information content (AvgIpc) is 2.39. The van der Waals surface area contributed by atoms with Gasteiger partial charge in [-0.1, -0.05) is 58.1 Å². The molecule has 114 valence electrons. The average molecular weight is 298 g/mol. The SMILES string of the molecule is CCCCCCC(C)Nc1nc(C(C)C)nc(Cl)c1C. The maximum Gasteiger partial charge on any atom is 0.137 e. The molecule has 0 aliphatic rings. The molecule has 0 fully saturated rings. The molecular weight excluding hydrogens is 270 g/mol. The van der Waals surface area contributed by atoms with E-state index >= 15 is 0 Å². The number of rotatable bonds is 8. The van der Waals surface area contributed by atoms with Crippen molar-refractivity contribution in [2.24, 2.45) is 0 Å². The van der Waals surface area contributed by atoms with Gasteiger partial charge in [-0.05, 0) is 20.3 Å². The first-order chi connectivity index (χ1) is 9.45. The lowest BCUT2D eigenvalue weighted by molar-refractivity contribution is 0.592. The fourth-order valence-corrected chi connectivity index (χ4v) is 2.26. The van der Waals surface area contributed by atoms with Crippen LogP contribution in [0.3, 0.4) is 0 Å². The van der Waals surface area contributed by atoms with Crippen molar-refractivity contribution in [2.45, 2.75) is 78.7 Å². The zero-order valence-electron chi connectivity index (χ0n) is 13.5. The highest BCUT2D eigenvalue weighted by Gasteiger charge is 2.13. The maximum absolute atomic E-state index is 6.20. The number of nitrogens with one attached hydrogen (secondary N) is 1. The highest BCUT2D eigenvalue weighted by molar-refractivity contribution is 6.30. The van der Waals surface area contributed by atoms with Gasteiger partial charge in [0.2, 0.25) is 0 Å². The van der Waals surface area contributed by atoms with Crippen LogP contribution in [0, 0.1) is 6.92 Å². The van der Waals surface area contributed by atoms with Crippen LogP contribution >= 0.6 is 11.6 Å². The molecule has 3 nitrogen and oxygen atoms in total. The second-order valence-electron chi connectivity index (χ2n) is 5.90. The molecule has 1 aromatic heterocycles. The van der Waals surface area contributed by atoms with Crippen molar-refractivity contribution in [1.82, 2.24) is 9.97 Å². The van der Waals surface area contributed by atoms with Gasteiger partial charge in [0.1, 0.15) is 16.8 Å². The van der Waals surface area contributed by atoms with Crippen LogP contribution in [-0.2, 0) is 0 Å². The van der Waals surface area contributed by atoms with Gasteiger partial charge in [0.05, 0.1) is 0 Å². The Bertz CT molecular complexity index is 418. The number of unbranched alkanes of at least 4 members (excludes halogenated alkanes) is 3. The Balaban J connectivity index is 2.66. The summed E-state index contributed by atoms with van der Waals surface area (Å²) in [6.07, 6.45) is 6.33. The summed E-state index contributed by atoms with van der Waals surface area (Å²) in [4.78, 5) is 8.95. The van der Waals surface area contributed by atoms with Gasteiger partial charge < -0.3 is 5.32 Å². The first-order valence-electron chi connectivity index (χ1n) is 7.76. The minimum Gasteiger partial charge on any atom is -0.367 e. The molecule has 0 amide bonds. The molecule has 4 heteroatoms. The number of aromatic nitrogens is 2. The Morgan fingerprint density at radius 1 is 1.10 bits per heavy atom. The van der Waals surface area contributed by atoms with Crippen molar-refractivity contribution in [3.05, 3.63) is 16.5 Å². The van der Waals surface area contributed by atoms with Crippen molar-refractivity contribution in [3.63, 3.8) is 0 Å². The van der Waals surface area contributed by atoms with E-state index < -0.39 is 0 Å². The molecule has 1 rings (SSSR count). The van der Waals surface area contributed by atoms with Crippen LogP contribution in [0.5, 0.6) is 0 Å². The van der Waals surface area contributed by atoms with Crippen molar-refractivity contribution in [3.8, 4) is 0 Å². The first kappa shape index (κ1) is 17.2. The number of hydrogen-bond acceptors (Lipinski definition) is 3. The Hall–Kier alpha value is -0.830. The summed E-state index contributed by atoms with van der Waals surface area (Å²) < 4.78 is 0. The molecule has 0 spiro atoms. The lowest BCUT2D eigenvalue weighted by atomic mass is 10.1. The van der Waals surface area contributed by atoms with E-state index in [1.807, 2.05) is 6.92 Å². The minimum absolute atomic E-state index is 0.286. The topological polar surface area (TPSA) is 37.8 Å². The molecule has 1 N–H and O–H groups in total. The number of anilines is 1. The van der Waals surface area contributed by atoms with Crippen LogP contribution in [0.1, 0.15) is 77.1 Å². The highest BCUT2D eigenvalue weighted by Crippen LogP contribution is 2.24. The summed E-state index contributed by atoms with van der Waals surface area (Å²) in [5.41, 5.74) is 0.941. The summed E-state index contributed by atoms with van der Waals surface area (Å²) in [6, 6.07) is 0.413. The van der Waals surface area contributed by atoms with E-state index in [1.54, 1.807) is 0 Å². The van der Waals surface area contributed by atoms with Gasteiger partial charge >= 0.3 is 0 Å². The van der Waals surface area contributed by atoms with Gasteiger partial charge in [-0.25, -0.2) is 9.97 Å². The molecule has 0 aliphatic heterocycles. The second kappa shape index (κ2) is 8.46. The Morgan fingerprint density at radius 2 is 1.80 bits per heavy atom. The second-order valence-corrected chi connectivity index (χ2v) is 6.25. The molecule has 20 heavy (non-hydrogen) atoms. The molecule has 0 aromatic carbocycles. The fourth-order valence-electron chi connectivity index (χ4n) is 2.09. The van der Waals surface area contributed by atoms with E-state index in [-0.39, 0.29) is 5.92 Å². The lowest BCUT2D eigenvalue weighted by Crippen LogP contribution is -2.18. The van der Waals surface area contributed by atoms with Crippen LogP contribution in [0.15, 0.2) is 0 Å². The highest BCUT2D eigenvalue weighted by atomic mass is 35.5. The van der Waals surface area contributed by atoms with Gasteiger partial charge in [0, 0.05) is 17.5 Å². The standard InChI is InChI=1S/C16H28ClN3/c1-6-7-8-9-10-12(4)18-16-13(5)14(17)19-15(20-16)11(2)3/h11-12H,6-10H2,1-5H3,(H,18,19,20). The zero-order valence-corrected chi connectivity index (χ0v) is 14.2. The summed E-state index contributed by atoms with van der Waals surface area (Å²) in [6.45, 7) is 10.6. The lowest BCUT2D eigenvalue weighted by Gasteiger charge is -2.18. The van der Waals surface area contributed by atoms with Crippen molar-refractivity contribution >= 4 is 17.4 Å². The van der Waals surface area contributed by atoms with E-state index in [0.717, 1.165) is 23.6 Å². The largest absolute Gasteiger partial charge is 0.367 e. The molecule has 0 saturated carbocycles. The van der Waals surface area contributed by atoms with Gasteiger partial charge in [-0.15, -0.1) is 0 Å². The number of hydrogen-bond donors (Lipinski definition) is 1. The van der Waals surface area contributed by atoms with E-state index in [1.165, 1.54) is 25.7 Å². The van der Waals surface area contributed by atoms with Gasteiger partial charge in [0.15, 0.2) is 0 Å². The van der Waals surface area contributed by atoms with Crippen molar-refractivity contribution in [2.75, 3.05) is 5.32 Å². The smallest absolute Gasteiger partial charge is 0.137 e. The predicted octanol–water partition coefficient (Wildman–Crippen LogP) is 5.33. The van der Waals surface area contributed by atoms with E-state index in [4.69, 9.17) is 11.6 Å². The molecule has 0 aliphatic carbocycles. The Kier molecular flexibility index (Phi) is 7.28. The summed E-state index contributed by atoms with van der Waals surface area (Å²) in [5.74, 6) is 1.98. The fraction of sp³-hybridized carbons (Fsp3) is 0.750. The predicted molar refractivity (Wildman–Crippen MR) is 87.7 cm³/mol. The van der Waals surface area contributed by atoms with Crippen LogP contribution in [-0.4, -0.2) is 16.0 Å². The molecule has 0 radical (unpaired) electrons. The third-order valence-electron chi connectivity index (χ3n) is 3.49. The summed E-state index contributed by atoms with van der Waals surface area (Å²) in [7, 11) is 0. The number of nitrogens with zero attached hydrogens (tertiary/aromatic N) is 2. The Morgan fingerprint density at radius 3 is 2.40 bits per heavy atom. The third kappa shape index (κ3) is 5.28. The summed E-state index contributed by atoms with van der Waals surface area (Å²) in [5, 5.41) is 4.05. The van der Waals surface area contributed by atoms with Crippen LogP contribution in [0.4, 0.5) is 5.82 Å². The molecular formula is C16H28ClN3. The van der Waals surface area contributed by atoms with Crippen molar-refractivity contribution in [1.29, 1.82) is 0 Å².